The van der Waals surface area contributed by atoms with Crippen LogP contribution in [0.5, 0.6) is 0 Å². The smallest absolute Gasteiger partial charge is 0.193 e. The Balaban J connectivity index is 2.37. The van der Waals surface area contributed by atoms with Crippen LogP contribution in [0.15, 0.2) is 42.5 Å². The molecule has 0 aromatic heterocycles. The van der Waals surface area contributed by atoms with Crippen molar-refractivity contribution in [2.24, 2.45) is 0 Å². The number of rotatable bonds is 2. The van der Waals surface area contributed by atoms with Crippen molar-refractivity contribution >= 4 is 5.78 Å². The molecule has 0 N–H and O–H groups in total. The molecule has 0 aliphatic rings. The van der Waals surface area contributed by atoms with Crippen LogP contribution in [0, 0.1) is 13.8 Å². The summed E-state index contributed by atoms with van der Waals surface area (Å²) in [5.41, 5.74) is 5.06. The van der Waals surface area contributed by atoms with Crippen LogP contribution in [0.4, 0.5) is 0 Å². The Labute approximate surface area is 121 Å². The molecule has 1 heteroatoms. The first-order valence-corrected chi connectivity index (χ1v) is 7.01. The first-order valence-electron chi connectivity index (χ1n) is 7.01. The number of hydrogen-bond acceptors (Lipinski definition) is 1. The summed E-state index contributed by atoms with van der Waals surface area (Å²) in [6, 6.07) is 14.0. The summed E-state index contributed by atoms with van der Waals surface area (Å²) >= 11 is 0. The topological polar surface area (TPSA) is 17.1 Å². The lowest BCUT2D eigenvalue weighted by Crippen LogP contribution is -2.11. The predicted octanol–water partition coefficient (Wildman–Crippen LogP) is 4.83. The molecule has 0 amide bonds. The van der Waals surface area contributed by atoms with Crippen LogP contribution in [0.1, 0.15) is 53.4 Å². The fraction of sp³-hybridized carbons (Fsp3) is 0.316. The Hall–Kier alpha value is -1.89. The van der Waals surface area contributed by atoms with E-state index in [0.29, 0.717) is 0 Å². The van der Waals surface area contributed by atoms with Crippen LogP contribution in [0.3, 0.4) is 0 Å². The van der Waals surface area contributed by atoms with Crippen molar-refractivity contribution in [3.05, 3.63) is 70.3 Å². The zero-order valence-corrected chi connectivity index (χ0v) is 12.9. The van der Waals surface area contributed by atoms with Crippen molar-refractivity contribution in [2.75, 3.05) is 0 Å². The van der Waals surface area contributed by atoms with Crippen molar-refractivity contribution < 1.29 is 4.79 Å². The van der Waals surface area contributed by atoms with Gasteiger partial charge in [0.25, 0.3) is 0 Å². The normalized spacial score (nSPS) is 11.4. The Morgan fingerprint density at radius 3 is 2.05 bits per heavy atom. The third-order valence-electron chi connectivity index (χ3n) is 3.65. The zero-order valence-electron chi connectivity index (χ0n) is 12.9. The number of ketones is 1. The van der Waals surface area contributed by atoms with Gasteiger partial charge < -0.3 is 0 Å². The van der Waals surface area contributed by atoms with Crippen LogP contribution < -0.4 is 0 Å². The van der Waals surface area contributed by atoms with Gasteiger partial charge in [0.05, 0.1) is 0 Å². The quantitative estimate of drug-likeness (QED) is 0.711. The molecule has 1 nitrogen and oxygen atoms in total. The maximum atomic E-state index is 12.6. The number of benzene rings is 2. The van der Waals surface area contributed by atoms with E-state index < -0.39 is 0 Å². The largest absolute Gasteiger partial charge is 0.289 e. The van der Waals surface area contributed by atoms with E-state index in [1.54, 1.807) is 0 Å². The van der Waals surface area contributed by atoms with E-state index in [1.807, 2.05) is 44.2 Å². The van der Waals surface area contributed by atoms with Gasteiger partial charge in [-0.1, -0.05) is 62.7 Å². The van der Waals surface area contributed by atoms with Gasteiger partial charge in [-0.2, -0.15) is 0 Å². The monoisotopic (exact) mass is 266 g/mol. The van der Waals surface area contributed by atoms with E-state index in [-0.39, 0.29) is 11.2 Å². The molecule has 20 heavy (non-hydrogen) atoms. The van der Waals surface area contributed by atoms with Gasteiger partial charge in [0.1, 0.15) is 0 Å². The minimum Gasteiger partial charge on any atom is -0.289 e. The SMILES string of the molecule is Cc1ccc(C)c(C(=O)c2ccc(C(C)(C)C)cc2)c1. The van der Waals surface area contributed by atoms with Crippen molar-refractivity contribution in [3.8, 4) is 0 Å². The fourth-order valence-corrected chi connectivity index (χ4v) is 2.26. The van der Waals surface area contributed by atoms with Crippen LogP contribution >= 0.6 is 0 Å². The molecule has 0 saturated carbocycles. The summed E-state index contributed by atoms with van der Waals surface area (Å²) in [5.74, 6) is 0.103. The highest BCUT2D eigenvalue weighted by molar-refractivity contribution is 6.10. The van der Waals surface area contributed by atoms with E-state index in [1.165, 1.54) is 5.56 Å². The standard InChI is InChI=1S/C19H22O/c1-13-6-7-14(2)17(12-13)18(20)15-8-10-16(11-9-15)19(3,4)5/h6-12H,1-5H3. The molecule has 0 heterocycles. The molecular weight excluding hydrogens is 244 g/mol. The Morgan fingerprint density at radius 1 is 0.900 bits per heavy atom. The van der Waals surface area contributed by atoms with Gasteiger partial charge in [0, 0.05) is 11.1 Å². The Bertz CT molecular complexity index is 628. The second kappa shape index (κ2) is 5.24. The number of carbonyl (C=O) groups excluding carboxylic acids is 1. The van der Waals surface area contributed by atoms with Gasteiger partial charge in [-0.25, -0.2) is 0 Å². The summed E-state index contributed by atoms with van der Waals surface area (Å²) in [6.45, 7) is 10.5. The molecular formula is C19H22O. The first-order chi connectivity index (χ1) is 9.29. The summed E-state index contributed by atoms with van der Waals surface area (Å²) in [6.07, 6.45) is 0. The summed E-state index contributed by atoms with van der Waals surface area (Å²) in [7, 11) is 0. The molecule has 0 fully saturated rings. The van der Waals surface area contributed by atoms with Gasteiger partial charge in [-0.3, -0.25) is 4.79 Å². The molecule has 0 atom stereocenters. The predicted molar refractivity (Wildman–Crippen MR) is 84.5 cm³/mol. The lowest BCUT2D eigenvalue weighted by molar-refractivity contribution is 0.103. The van der Waals surface area contributed by atoms with E-state index in [0.717, 1.165) is 22.3 Å². The maximum absolute atomic E-state index is 12.6. The number of aryl methyl sites for hydroxylation is 2. The van der Waals surface area contributed by atoms with E-state index in [4.69, 9.17) is 0 Å². The maximum Gasteiger partial charge on any atom is 0.193 e. The van der Waals surface area contributed by atoms with Gasteiger partial charge in [0.15, 0.2) is 5.78 Å². The molecule has 0 bridgehead atoms. The lowest BCUT2D eigenvalue weighted by Gasteiger charge is -2.19. The minimum absolute atomic E-state index is 0.103. The average molecular weight is 266 g/mol. The molecule has 2 aromatic rings. The van der Waals surface area contributed by atoms with Crippen molar-refractivity contribution in [1.82, 2.24) is 0 Å². The third kappa shape index (κ3) is 2.98. The van der Waals surface area contributed by atoms with Gasteiger partial charge in [-0.05, 0) is 36.5 Å². The molecule has 2 aromatic carbocycles. The third-order valence-corrected chi connectivity index (χ3v) is 3.65. The van der Waals surface area contributed by atoms with Crippen LogP contribution in [0.2, 0.25) is 0 Å². The second-order valence-corrected chi connectivity index (χ2v) is 6.47. The molecule has 2 rings (SSSR count). The minimum atomic E-state index is 0.103. The lowest BCUT2D eigenvalue weighted by atomic mass is 9.86. The molecule has 0 aliphatic carbocycles. The average Bonchev–Trinajstić information content (AvgIpc) is 2.40. The van der Waals surface area contributed by atoms with Crippen molar-refractivity contribution in [3.63, 3.8) is 0 Å². The van der Waals surface area contributed by atoms with Gasteiger partial charge in [-0.15, -0.1) is 0 Å². The summed E-state index contributed by atoms with van der Waals surface area (Å²) in [5, 5.41) is 0. The summed E-state index contributed by atoms with van der Waals surface area (Å²) < 4.78 is 0. The van der Waals surface area contributed by atoms with E-state index in [9.17, 15) is 4.79 Å². The fourth-order valence-electron chi connectivity index (χ4n) is 2.26. The van der Waals surface area contributed by atoms with E-state index in [2.05, 4.69) is 32.9 Å². The second-order valence-electron chi connectivity index (χ2n) is 6.47. The highest BCUT2D eigenvalue weighted by Gasteiger charge is 2.16. The molecule has 0 spiro atoms. The Morgan fingerprint density at radius 2 is 1.50 bits per heavy atom. The zero-order chi connectivity index (χ0) is 14.9. The molecule has 0 saturated heterocycles. The van der Waals surface area contributed by atoms with Crippen LogP contribution in [-0.4, -0.2) is 5.78 Å². The highest BCUT2D eigenvalue weighted by Crippen LogP contribution is 2.23. The molecule has 0 aliphatic heterocycles. The van der Waals surface area contributed by atoms with Crippen molar-refractivity contribution in [1.29, 1.82) is 0 Å². The van der Waals surface area contributed by atoms with Crippen LogP contribution in [0.25, 0.3) is 0 Å². The number of hydrogen-bond donors (Lipinski definition) is 0. The summed E-state index contributed by atoms with van der Waals surface area (Å²) in [4.78, 5) is 12.6. The van der Waals surface area contributed by atoms with Crippen LogP contribution in [-0.2, 0) is 5.41 Å². The molecule has 0 unspecified atom stereocenters. The van der Waals surface area contributed by atoms with Crippen molar-refractivity contribution in [2.45, 2.75) is 40.0 Å². The van der Waals surface area contributed by atoms with Gasteiger partial charge in [0.2, 0.25) is 0 Å². The number of carbonyl (C=O) groups is 1. The highest BCUT2D eigenvalue weighted by atomic mass is 16.1. The van der Waals surface area contributed by atoms with Gasteiger partial charge >= 0.3 is 0 Å². The first kappa shape index (κ1) is 14.5. The molecule has 0 radical (unpaired) electrons. The molecule has 104 valence electrons. The Kier molecular flexibility index (Phi) is 3.80. The van der Waals surface area contributed by atoms with E-state index >= 15 is 0 Å².